The van der Waals surface area contributed by atoms with E-state index in [4.69, 9.17) is 11.1 Å². The molecule has 0 spiro atoms. The van der Waals surface area contributed by atoms with Gasteiger partial charge in [0.25, 0.3) is 0 Å². The SMILES string of the molecule is CCC1CCN(CCCCCNC(=N)N)C1. The molecule has 0 radical (unpaired) electrons. The Morgan fingerprint density at radius 1 is 1.44 bits per heavy atom. The standard InChI is InChI=1S/C12H26N4/c1-2-11-6-9-16(10-11)8-5-3-4-7-15-12(13)14/h11H,2-10H2,1H3,(H4,13,14,15). The second kappa shape index (κ2) is 7.49. The molecular weight excluding hydrogens is 200 g/mol. The van der Waals surface area contributed by atoms with Crippen LogP contribution in [-0.2, 0) is 0 Å². The van der Waals surface area contributed by atoms with Crippen LogP contribution in [0.2, 0.25) is 0 Å². The van der Waals surface area contributed by atoms with Gasteiger partial charge in [-0.25, -0.2) is 0 Å². The molecule has 4 N–H and O–H groups in total. The van der Waals surface area contributed by atoms with Crippen LogP contribution < -0.4 is 11.1 Å². The van der Waals surface area contributed by atoms with Crippen LogP contribution in [0, 0.1) is 11.3 Å². The number of nitrogens with one attached hydrogen (secondary N) is 2. The van der Waals surface area contributed by atoms with Crippen molar-refractivity contribution in [3.8, 4) is 0 Å². The van der Waals surface area contributed by atoms with Crippen molar-refractivity contribution in [3.63, 3.8) is 0 Å². The molecule has 1 atom stereocenters. The maximum absolute atomic E-state index is 7.01. The van der Waals surface area contributed by atoms with Gasteiger partial charge in [0.2, 0.25) is 0 Å². The Morgan fingerprint density at radius 3 is 2.88 bits per heavy atom. The third-order valence-corrected chi connectivity index (χ3v) is 3.41. The summed E-state index contributed by atoms with van der Waals surface area (Å²) >= 11 is 0. The fraction of sp³-hybridized carbons (Fsp3) is 0.917. The minimum Gasteiger partial charge on any atom is -0.370 e. The number of nitrogens with zero attached hydrogens (tertiary/aromatic N) is 1. The van der Waals surface area contributed by atoms with E-state index in [2.05, 4.69) is 17.1 Å². The molecule has 0 amide bonds. The number of unbranched alkanes of at least 4 members (excludes halogenated alkanes) is 2. The van der Waals surface area contributed by atoms with E-state index >= 15 is 0 Å². The van der Waals surface area contributed by atoms with Crippen LogP contribution in [-0.4, -0.2) is 37.0 Å². The van der Waals surface area contributed by atoms with Crippen molar-refractivity contribution in [2.75, 3.05) is 26.2 Å². The Hall–Kier alpha value is -0.770. The van der Waals surface area contributed by atoms with E-state index in [1.54, 1.807) is 0 Å². The summed E-state index contributed by atoms with van der Waals surface area (Å²) in [7, 11) is 0. The number of rotatable bonds is 7. The van der Waals surface area contributed by atoms with Gasteiger partial charge in [0.05, 0.1) is 0 Å². The third kappa shape index (κ3) is 5.35. The molecule has 0 aliphatic carbocycles. The highest BCUT2D eigenvalue weighted by Crippen LogP contribution is 2.19. The van der Waals surface area contributed by atoms with E-state index in [9.17, 15) is 0 Å². The molecule has 4 heteroatoms. The van der Waals surface area contributed by atoms with Crippen molar-refractivity contribution < 1.29 is 0 Å². The van der Waals surface area contributed by atoms with E-state index < -0.39 is 0 Å². The lowest BCUT2D eigenvalue weighted by Crippen LogP contribution is -2.31. The van der Waals surface area contributed by atoms with E-state index in [1.165, 1.54) is 45.3 Å². The Bertz CT molecular complexity index is 205. The van der Waals surface area contributed by atoms with Crippen molar-refractivity contribution in [3.05, 3.63) is 0 Å². The second-order valence-corrected chi connectivity index (χ2v) is 4.76. The van der Waals surface area contributed by atoms with Crippen molar-refractivity contribution in [1.82, 2.24) is 10.2 Å². The van der Waals surface area contributed by atoms with Crippen molar-refractivity contribution >= 4 is 5.96 Å². The van der Waals surface area contributed by atoms with Crippen molar-refractivity contribution in [2.45, 2.75) is 39.0 Å². The highest BCUT2D eigenvalue weighted by Gasteiger charge is 2.19. The van der Waals surface area contributed by atoms with Crippen LogP contribution in [0.3, 0.4) is 0 Å². The van der Waals surface area contributed by atoms with E-state index in [0.29, 0.717) is 0 Å². The summed E-state index contributed by atoms with van der Waals surface area (Å²) in [6.07, 6.45) is 6.34. The molecule has 1 heterocycles. The quantitative estimate of drug-likeness (QED) is 0.349. The number of hydrogen-bond donors (Lipinski definition) is 3. The maximum atomic E-state index is 7.01. The molecular formula is C12H26N4. The Kier molecular flexibility index (Phi) is 6.23. The number of likely N-dealkylation sites (tertiary alicyclic amines) is 1. The van der Waals surface area contributed by atoms with Gasteiger partial charge in [0, 0.05) is 13.1 Å². The summed E-state index contributed by atoms with van der Waals surface area (Å²) in [6, 6.07) is 0. The lowest BCUT2D eigenvalue weighted by Gasteiger charge is -2.15. The summed E-state index contributed by atoms with van der Waals surface area (Å²) < 4.78 is 0. The van der Waals surface area contributed by atoms with Crippen LogP contribution >= 0.6 is 0 Å². The van der Waals surface area contributed by atoms with E-state index in [0.717, 1.165) is 18.9 Å². The molecule has 0 bridgehead atoms. The molecule has 16 heavy (non-hydrogen) atoms. The molecule has 1 fully saturated rings. The number of nitrogens with two attached hydrogens (primary N) is 1. The van der Waals surface area contributed by atoms with E-state index in [1.807, 2.05) is 0 Å². The molecule has 4 nitrogen and oxygen atoms in total. The molecule has 0 aromatic carbocycles. The smallest absolute Gasteiger partial charge is 0.185 e. The van der Waals surface area contributed by atoms with Gasteiger partial charge < -0.3 is 16.0 Å². The first kappa shape index (κ1) is 13.3. The van der Waals surface area contributed by atoms with Gasteiger partial charge in [-0.3, -0.25) is 5.41 Å². The van der Waals surface area contributed by atoms with Gasteiger partial charge in [0.15, 0.2) is 5.96 Å². The topological polar surface area (TPSA) is 65.1 Å². The van der Waals surface area contributed by atoms with Crippen LogP contribution in [0.15, 0.2) is 0 Å². The number of guanidine groups is 1. The Morgan fingerprint density at radius 2 is 2.25 bits per heavy atom. The zero-order chi connectivity index (χ0) is 11.8. The molecule has 94 valence electrons. The third-order valence-electron chi connectivity index (χ3n) is 3.41. The first-order chi connectivity index (χ1) is 7.72. The minimum atomic E-state index is 0.0883. The first-order valence-corrected chi connectivity index (χ1v) is 6.52. The van der Waals surface area contributed by atoms with Crippen molar-refractivity contribution in [2.24, 2.45) is 11.7 Å². The fourth-order valence-electron chi connectivity index (χ4n) is 2.31. The second-order valence-electron chi connectivity index (χ2n) is 4.76. The molecule has 1 saturated heterocycles. The molecule has 0 saturated carbocycles. The first-order valence-electron chi connectivity index (χ1n) is 6.52. The molecule has 0 aromatic heterocycles. The fourth-order valence-corrected chi connectivity index (χ4v) is 2.31. The largest absolute Gasteiger partial charge is 0.370 e. The lowest BCUT2D eigenvalue weighted by atomic mass is 10.1. The van der Waals surface area contributed by atoms with Crippen molar-refractivity contribution in [1.29, 1.82) is 5.41 Å². The zero-order valence-electron chi connectivity index (χ0n) is 10.5. The minimum absolute atomic E-state index is 0.0883. The van der Waals surface area contributed by atoms with Crippen LogP contribution in [0.4, 0.5) is 0 Å². The van der Waals surface area contributed by atoms with Gasteiger partial charge in [-0.15, -0.1) is 0 Å². The predicted molar refractivity (Wildman–Crippen MR) is 68.6 cm³/mol. The van der Waals surface area contributed by atoms with Gasteiger partial charge in [-0.1, -0.05) is 19.8 Å². The Labute approximate surface area is 99.1 Å². The molecule has 0 aromatic rings. The van der Waals surface area contributed by atoms with Crippen LogP contribution in [0.25, 0.3) is 0 Å². The monoisotopic (exact) mass is 226 g/mol. The summed E-state index contributed by atoms with van der Waals surface area (Å²) in [5, 5.41) is 9.85. The van der Waals surface area contributed by atoms with Crippen LogP contribution in [0.1, 0.15) is 39.0 Å². The predicted octanol–water partition coefficient (Wildman–Crippen LogP) is 1.37. The highest BCUT2D eigenvalue weighted by molar-refractivity contribution is 5.74. The summed E-state index contributed by atoms with van der Waals surface area (Å²) in [6.45, 7) is 6.98. The van der Waals surface area contributed by atoms with Gasteiger partial charge in [0.1, 0.15) is 0 Å². The summed E-state index contributed by atoms with van der Waals surface area (Å²) in [4.78, 5) is 2.59. The molecule has 1 aliphatic rings. The molecule has 1 unspecified atom stereocenters. The van der Waals surface area contributed by atoms with Gasteiger partial charge in [-0.05, 0) is 38.3 Å². The maximum Gasteiger partial charge on any atom is 0.185 e. The lowest BCUT2D eigenvalue weighted by molar-refractivity contribution is 0.314. The Balaban J connectivity index is 1.90. The van der Waals surface area contributed by atoms with E-state index in [-0.39, 0.29) is 5.96 Å². The zero-order valence-corrected chi connectivity index (χ0v) is 10.5. The molecule has 1 aliphatic heterocycles. The number of hydrogen-bond acceptors (Lipinski definition) is 2. The normalized spacial score (nSPS) is 21.2. The van der Waals surface area contributed by atoms with Crippen LogP contribution in [0.5, 0.6) is 0 Å². The average Bonchev–Trinajstić information content (AvgIpc) is 2.70. The molecule has 1 rings (SSSR count). The van der Waals surface area contributed by atoms with Gasteiger partial charge >= 0.3 is 0 Å². The summed E-state index contributed by atoms with van der Waals surface area (Å²) in [5.41, 5.74) is 5.20. The average molecular weight is 226 g/mol. The van der Waals surface area contributed by atoms with Gasteiger partial charge in [-0.2, -0.15) is 0 Å². The highest BCUT2D eigenvalue weighted by atomic mass is 15.1. The summed E-state index contributed by atoms with van der Waals surface area (Å²) in [5.74, 6) is 1.03.